The van der Waals surface area contributed by atoms with Crippen molar-refractivity contribution in [3.63, 3.8) is 0 Å². The van der Waals surface area contributed by atoms with E-state index in [1.165, 1.54) is 0 Å². The highest BCUT2D eigenvalue weighted by atomic mass is 19.4. The lowest BCUT2D eigenvalue weighted by atomic mass is 9.90. The quantitative estimate of drug-likeness (QED) is 0.528. The molecule has 5 atom stereocenters. The number of allylic oxidation sites excluding steroid dienone is 2. The Morgan fingerprint density at radius 3 is 2.61 bits per heavy atom. The molecular formula is C16H21F3O4. The smallest absolute Gasteiger partial charge is 0.425 e. The summed E-state index contributed by atoms with van der Waals surface area (Å²) < 4.78 is 43.0. The van der Waals surface area contributed by atoms with Gasteiger partial charge < -0.3 is 14.9 Å². The third-order valence-corrected chi connectivity index (χ3v) is 4.35. The summed E-state index contributed by atoms with van der Waals surface area (Å²) in [5.41, 5.74) is 0. The molecule has 0 spiro atoms. The van der Waals surface area contributed by atoms with Gasteiger partial charge >= 0.3 is 12.1 Å². The number of fused-ring (bicyclic) bond motifs is 1. The van der Waals surface area contributed by atoms with Crippen LogP contribution in [0.5, 0.6) is 0 Å². The molecule has 23 heavy (non-hydrogen) atoms. The van der Waals surface area contributed by atoms with Gasteiger partial charge in [0.1, 0.15) is 0 Å². The molecule has 0 radical (unpaired) electrons. The molecule has 1 aliphatic heterocycles. The minimum absolute atomic E-state index is 0.0557. The van der Waals surface area contributed by atoms with Gasteiger partial charge in [0.2, 0.25) is 0 Å². The van der Waals surface area contributed by atoms with E-state index in [0.717, 1.165) is 12.2 Å². The van der Waals surface area contributed by atoms with Crippen LogP contribution in [0.25, 0.3) is 0 Å². The highest BCUT2D eigenvalue weighted by molar-refractivity contribution is 5.82. The summed E-state index contributed by atoms with van der Waals surface area (Å²) in [5.74, 6) is -1.43. The van der Waals surface area contributed by atoms with Crippen molar-refractivity contribution in [3.05, 3.63) is 24.3 Å². The number of cyclic esters (lactones) is 1. The van der Waals surface area contributed by atoms with Crippen LogP contribution in [0.3, 0.4) is 0 Å². The molecule has 2 N–H and O–H groups in total. The van der Waals surface area contributed by atoms with Crippen LogP contribution >= 0.6 is 0 Å². The number of aliphatic hydroxyl groups is 2. The lowest BCUT2D eigenvalue weighted by molar-refractivity contribution is -0.220. The molecule has 7 heteroatoms. The first-order valence-electron chi connectivity index (χ1n) is 7.75. The number of aliphatic hydroxyl groups excluding tert-OH is 2. The second kappa shape index (κ2) is 7.49. The fourth-order valence-electron chi connectivity index (χ4n) is 3.17. The van der Waals surface area contributed by atoms with Gasteiger partial charge in [-0.2, -0.15) is 13.2 Å². The summed E-state index contributed by atoms with van der Waals surface area (Å²) in [6.45, 7) is 0. The maximum Gasteiger partial charge on any atom is 0.425 e. The summed E-state index contributed by atoms with van der Waals surface area (Å²) in [6.07, 6.45) is -1.40. The van der Waals surface area contributed by atoms with Crippen molar-refractivity contribution in [2.24, 2.45) is 11.8 Å². The van der Waals surface area contributed by atoms with E-state index in [9.17, 15) is 28.2 Å². The first kappa shape index (κ1) is 18.0. The predicted molar refractivity (Wildman–Crippen MR) is 76.3 cm³/mol. The Morgan fingerprint density at radius 1 is 1.17 bits per heavy atom. The summed E-state index contributed by atoms with van der Waals surface area (Å²) in [7, 11) is 0. The minimum atomic E-state index is -4.60. The van der Waals surface area contributed by atoms with E-state index >= 15 is 0 Å². The van der Waals surface area contributed by atoms with Gasteiger partial charge in [0.15, 0.2) is 6.10 Å². The topological polar surface area (TPSA) is 66.8 Å². The molecule has 0 unspecified atom stereocenters. The summed E-state index contributed by atoms with van der Waals surface area (Å²) >= 11 is 0. The lowest BCUT2D eigenvalue weighted by Gasteiger charge is -2.20. The fraction of sp³-hybridized carbons (Fsp3) is 0.688. The van der Waals surface area contributed by atoms with E-state index in [0.29, 0.717) is 19.3 Å². The van der Waals surface area contributed by atoms with Crippen LogP contribution in [0.1, 0.15) is 32.1 Å². The first-order valence-corrected chi connectivity index (χ1v) is 7.75. The van der Waals surface area contributed by atoms with Crippen LogP contribution in [0.2, 0.25) is 0 Å². The molecule has 2 rings (SSSR count). The zero-order valence-corrected chi connectivity index (χ0v) is 12.6. The highest BCUT2D eigenvalue weighted by Gasteiger charge is 2.42. The van der Waals surface area contributed by atoms with Crippen LogP contribution in [0, 0.1) is 11.8 Å². The van der Waals surface area contributed by atoms with Crippen LogP contribution in [-0.4, -0.2) is 40.7 Å². The molecule has 4 nitrogen and oxygen atoms in total. The van der Waals surface area contributed by atoms with E-state index in [4.69, 9.17) is 0 Å². The Balaban J connectivity index is 2.15. The monoisotopic (exact) mass is 334 g/mol. The molecule has 0 amide bonds. The lowest BCUT2D eigenvalue weighted by Crippen LogP contribution is -2.33. The number of rotatable bonds is 0. The number of hydrogen-bond acceptors (Lipinski definition) is 4. The SMILES string of the molecule is O=C1/C=C/[C@@H](O)[C@@H]2C[C@@H](O)C[C@H]2/C=C/CCC[C@H](C(F)(F)F)O1. The first-order chi connectivity index (χ1) is 10.8. The van der Waals surface area contributed by atoms with Gasteiger partial charge in [-0.1, -0.05) is 12.2 Å². The Kier molecular flexibility index (Phi) is 5.86. The summed E-state index contributed by atoms with van der Waals surface area (Å²) in [4.78, 5) is 11.6. The number of carbonyl (C=O) groups excluding carboxylic acids is 1. The normalized spacial score (nSPS) is 39.3. The molecule has 1 fully saturated rings. The molecule has 1 saturated carbocycles. The van der Waals surface area contributed by atoms with Gasteiger partial charge in [0, 0.05) is 6.08 Å². The van der Waals surface area contributed by atoms with E-state index in [2.05, 4.69) is 4.74 Å². The van der Waals surface area contributed by atoms with Gasteiger partial charge in [-0.3, -0.25) is 0 Å². The van der Waals surface area contributed by atoms with Crippen LogP contribution < -0.4 is 0 Å². The Bertz CT molecular complexity index is 472. The van der Waals surface area contributed by atoms with E-state index in [-0.39, 0.29) is 24.7 Å². The molecule has 0 aromatic carbocycles. The van der Waals surface area contributed by atoms with Crippen molar-refractivity contribution in [2.45, 2.75) is 56.6 Å². The molecule has 0 aromatic heterocycles. The molecule has 0 saturated heterocycles. The average Bonchev–Trinajstić information content (AvgIpc) is 2.82. The summed E-state index contributed by atoms with van der Waals surface area (Å²) in [5, 5.41) is 19.9. The standard InChI is InChI=1S/C16H21F3O4/c17-16(18,19)14-5-3-1-2-4-10-8-11(20)9-12(10)13(21)6-7-15(22)23-14/h2,4,6-7,10-14,20-21H,1,3,5,8-9H2/b4-2+,7-6+/t10-,11+,12-,13-,14-/m1/s1. The zero-order chi connectivity index (χ0) is 17.0. The molecule has 0 bridgehead atoms. The number of hydrogen-bond donors (Lipinski definition) is 2. The second-order valence-electron chi connectivity index (χ2n) is 6.13. The number of halogens is 3. The molecule has 2 aliphatic rings. The highest BCUT2D eigenvalue weighted by Crippen LogP contribution is 2.36. The van der Waals surface area contributed by atoms with Gasteiger partial charge in [0.25, 0.3) is 0 Å². The van der Waals surface area contributed by atoms with Gasteiger partial charge in [0.05, 0.1) is 12.2 Å². The molecule has 1 aliphatic carbocycles. The second-order valence-corrected chi connectivity index (χ2v) is 6.13. The average molecular weight is 334 g/mol. The van der Waals surface area contributed by atoms with Crippen molar-refractivity contribution < 1.29 is 32.9 Å². The number of esters is 1. The maximum absolute atomic E-state index is 12.8. The largest absolute Gasteiger partial charge is 0.450 e. The number of ether oxygens (including phenoxy) is 1. The Hall–Kier alpha value is -1.34. The summed E-state index contributed by atoms with van der Waals surface area (Å²) in [6, 6.07) is 0. The van der Waals surface area contributed by atoms with Crippen LogP contribution in [-0.2, 0) is 9.53 Å². The Labute approximate surface area is 132 Å². The van der Waals surface area contributed by atoms with Crippen molar-refractivity contribution in [2.75, 3.05) is 0 Å². The third kappa shape index (κ3) is 5.07. The molecule has 0 aromatic rings. The van der Waals surface area contributed by atoms with Crippen molar-refractivity contribution in [3.8, 4) is 0 Å². The Morgan fingerprint density at radius 2 is 1.91 bits per heavy atom. The van der Waals surface area contributed by atoms with E-state index < -0.39 is 30.5 Å². The molecular weight excluding hydrogens is 313 g/mol. The van der Waals surface area contributed by atoms with Gasteiger partial charge in [-0.05, 0) is 50.0 Å². The van der Waals surface area contributed by atoms with E-state index in [1.807, 2.05) is 6.08 Å². The van der Waals surface area contributed by atoms with Crippen molar-refractivity contribution in [1.29, 1.82) is 0 Å². The van der Waals surface area contributed by atoms with Crippen LogP contribution in [0.4, 0.5) is 13.2 Å². The minimum Gasteiger partial charge on any atom is -0.450 e. The van der Waals surface area contributed by atoms with E-state index in [1.54, 1.807) is 6.08 Å². The fourth-order valence-corrected chi connectivity index (χ4v) is 3.17. The van der Waals surface area contributed by atoms with Crippen LogP contribution in [0.15, 0.2) is 24.3 Å². The van der Waals surface area contributed by atoms with Gasteiger partial charge in [-0.25, -0.2) is 4.79 Å². The molecule has 1 heterocycles. The maximum atomic E-state index is 12.8. The van der Waals surface area contributed by atoms with Crippen molar-refractivity contribution >= 4 is 5.97 Å². The number of alkyl halides is 3. The zero-order valence-electron chi connectivity index (χ0n) is 12.6. The number of carbonyl (C=O) groups is 1. The molecule has 130 valence electrons. The van der Waals surface area contributed by atoms with Crippen molar-refractivity contribution in [1.82, 2.24) is 0 Å². The predicted octanol–water partition coefficient (Wildman–Crippen LogP) is 2.50. The van der Waals surface area contributed by atoms with Gasteiger partial charge in [-0.15, -0.1) is 0 Å². The third-order valence-electron chi connectivity index (χ3n) is 4.35.